The third-order valence-electron chi connectivity index (χ3n) is 2.79. The van der Waals surface area contributed by atoms with Crippen molar-refractivity contribution in [2.45, 2.75) is 46.5 Å². The lowest BCUT2D eigenvalue weighted by molar-refractivity contribution is 0.215. The lowest BCUT2D eigenvalue weighted by atomic mass is 10.1. The van der Waals surface area contributed by atoms with Crippen LogP contribution in [0.25, 0.3) is 0 Å². The molecule has 1 aromatic rings. The van der Waals surface area contributed by atoms with E-state index < -0.39 is 0 Å². The van der Waals surface area contributed by atoms with Crippen LogP contribution in [0.5, 0.6) is 0 Å². The third-order valence-corrected chi connectivity index (χ3v) is 2.79. The molecule has 0 aliphatic rings. The maximum Gasteiger partial charge on any atom is 0.0923 e. The highest BCUT2D eigenvalue weighted by Crippen LogP contribution is 2.12. The van der Waals surface area contributed by atoms with Crippen molar-refractivity contribution in [1.82, 2.24) is 0 Å². The molecule has 1 nitrogen and oxygen atoms in total. The highest BCUT2D eigenvalue weighted by molar-refractivity contribution is 5.23. The fourth-order valence-corrected chi connectivity index (χ4v) is 1.73. The van der Waals surface area contributed by atoms with Gasteiger partial charge in [0.2, 0.25) is 0 Å². The average molecular weight is 232 g/mol. The molecule has 17 heavy (non-hydrogen) atoms. The van der Waals surface area contributed by atoms with Gasteiger partial charge < -0.3 is 4.74 Å². The minimum absolute atomic E-state index is 0.767. The molecule has 1 rings (SSSR count). The number of hydrogen-bond donors (Lipinski definition) is 0. The Balaban J connectivity index is 2.55. The van der Waals surface area contributed by atoms with Crippen LogP contribution in [0.4, 0.5) is 0 Å². The molecule has 0 N–H and O–H groups in total. The summed E-state index contributed by atoms with van der Waals surface area (Å²) in [5, 5.41) is 0. The van der Waals surface area contributed by atoms with Gasteiger partial charge in [0.1, 0.15) is 0 Å². The van der Waals surface area contributed by atoms with Crippen molar-refractivity contribution in [3.05, 3.63) is 47.2 Å². The summed E-state index contributed by atoms with van der Waals surface area (Å²) in [6.45, 7) is 7.14. The summed E-state index contributed by atoms with van der Waals surface area (Å²) in [7, 11) is 0. The molecule has 0 heterocycles. The maximum atomic E-state index is 5.65. The zero-order chi connectivity index (χ0) is 12.5. The van der Waals surface area contributed by atoms with Crippen LogP contribution in [0.1, 0.15) is 44.2 Å². The monoisotopic (exact) mass is 232 g/mol. The number of rotatable bonds is 7. The van der Waals surface area contributed by atoms with Crippen molar-refractivity contribution >= 4 is 0 Å². The molecule has 94 valence electrons. The van der Waals surface area contributed by atoms with Crippen molar-refractivity contribution in [3.63, 3.8) is 0 Å². The van der Waals surface area contributed by atoms with Gasteiger partial charge in [-0.2, -0.15) is 0 Å². The zero-order valence-corrected chi connectivity index (χ0v) is 11.3. The number of benzene rings is 1. The van der Waals surface area contributed by atoms with Crippen LogP contribution in [-0.4, -0.2) is 6.61 Å². The normalized spacial score (nSPS) is 11.6. The van der Waals surface area contributed by atoms with Gasteiger partial charge >= 0.3 is 0 Å². The first-order valence-corrected chi connectivity index (χ1v) is 6.63. The molecule has 0 atom stereocenters. The Labute approximate surface area is 106 Å². The SMILES string of the molecule is CCCC/C(=C/Cc1ccc(C)cc1)OCC. The molecule has 0 spiro atoms. The van der Waals surface area contributed by atoms with Crippen LogP contribution in [-0.2, 0) is 11.2 Å². The van der Waals surface area contributed by atoms with Crippen molar-refractivity contribution in [2.24, 2.45) is 0 Å². The molecule has 1 aromatic carbocycles. The van der Waals surface area contributed by atoms with Gasteiger partial charge in [-0.3, -0.25) is 0 Å². The summed E-state index contributed by atoms with van der Waals surface area (Å²) >= 11 is 0. The van der Waals surface area contributed by atoms with E-state index in [2.05, 4.69) is 44.2 Å². The Morgan fingerprint density at radius 3 is 2.47 bits per heavy atom. The van der Waals surface area contributed by atoms with Gasteiger partial charge in [-0.05, 0) is 38.3 Å². The Hall–Kier alpha value is -1.24. The van der Waals surface area contributed by atoms with Gasteiger partial charge in [0, 0.05) is 6.42 Å². The van der Waals surface area contributed by atoms with E-state index in [1.165, 1.54) is 24.0 Å². The van der Waals surface area contributed by atoms with Gasteiger partial charge in [-0.1, -0.05) is 43.2 Å². The second-order valence-corrected chi connectivity index (χ2v) is 4.40. The molecule has 0 aliphatic carbocycles. The fourth-order valence-electron chi connectivity index (χ4n) is 1.73. The molecule has 0 amide bonds. The number of aryl methyl sites for hydroxylation is 1. The van der Waals surface area contributed by atoms with Crippen LogP contribution >= 0.6 is 0 Å². The van der Waals surface area contributed by atoms with Gasteiger partial charge in [0.05, 0.1) is 12.4 Å². The van der Waals surface area contributed by atoms with E-state index >= 15 is 0 Å². The van der Waals surface area contributed by atoms with Crippen molar-refractivity contribution in [3.8, 4) is 0 Å². The summed E-state index contributed by atoms with van der Waals surface area (Å²) in [6.07, 6.45) is 6.69. The molecule has 0 aromatic heterocycles. The van der Waals surface area contributed by atoms with E-state index in [1.54, 1.807) is 0 Å². The Morgan fingerprint density at radius 1 is 1.18 bits per heavy atom. The smallest absolute Gasteiger partial charge is 0.0923 e. The number of allylic oxidation sites excluding steroid dienone is 2. The van der Waals surface area contributed by atoms with Crippen molar-refractivity contribution in [2.75, 3.05) is 6.61 Å². The highest BCUT2D eigenvalue weighted by atomic mass is 16.5. The van der Waals surface area contributed by atoms with E-state index in [-0.39, 0.29) is 0 Å². The Morgan fingerprint density at radius 2 is 1.88 bits per heavy atom. The van der Waals surface area contributed by atoms with Crippen molar-refractivity contribution < 1.29 is 4.74 Å². The minimum atomic E-state index is 0.767. The molecule has 0 unspecified atom stereocenters. The summed E-state index contributed by atoms with van der Waals surface area (Å²) in [5.41, 5.74) is 2.66. The van der Waals surface area contributed by atoms with E-state index in [9.17, 15) is 0 Å². The molecular formula is C16H24O. The quantitative estimate of drug-likeness (QED) is 0.622. The van der Waals surface area contributed by atoms with Crippen LogP contribution in [0.15, 0.2) is 36.1 Å². The Bertz CT molecular complexity index is 335. The summed E-state index contributed by atoms with van der Waals surface area (Å²) in [4.78, 5) is 0. The summed E-state index contributed by atoms with van der Waals surface area (Å²) in [6, 6.07) is 8.70. The maximum absolute atomic E-state index is 5.65. The van der Waals surface area contributed by atoms with Crippen molar-refractivity contribution in [1.29, 1.82) is 0 Å². The second-order valence-electron chi connectivity index (χ2n) is 4.40. The predicted octanol–water partition coefficient (Wildman–Crippen LogP) is 4.65. The van der Waals surface area contributed by atoms with Crippen LogP contribution < -0.4 is 0 Å². The van der Waals surface area contributed by atoms with Gasteiger partial charge in [-0.25, -0.2) is 0 Å². The molecule has 0 saturated carbocycles. The summed E-state index contributed by atoms with van der Waals surface area (Å²) in [5.74, 6) is 1.15. The second kappa shape index (κ2) is 7.94. The molecule has 0 bridgehead atoms. The van der Waals surface area contributed by atoms with E-state index in [1.807, 2.05) is 6.92 Å². The van der Waals surface area contributed by atoms with E-state index in [0.717, 1.165) is 25.2 Å². The fraction of sp³-hybridized carbons (Fsp3) is 0.500. The molecular weight excluding hydrogens is 208 g/mol. The average Bonchev–Trinajstić information content (AvgIpc) is 2.35. The molecule has 0 aliphatic heterocycles. The predicted molar refractivity (Wildman–Crippen MR) is 74.1 cm³/mol. The first kappa shape index (κ1) is 13.8. The first-order valence-electron chi connectivity index (χ1n) is 6.63. The number of ether oxygens (including phenoxy) is 1. The lowest BCUT2D eigenvalue weighted by Gasteiger charge is -2.08. The topological polar surface area (TPSA) is 9.23 Å². The lowest BCUT2D eigenvalue weighted by Crippen LogP contribution is -1.93. The molecule has 0 fully saturated rings. The molecule has 0 radical (unpaired) electrons. The number of hydrogen-bond acceptors (Lipinski definition) is 1. The van der Waals surface area contributed by atoms with Crippen LogP contribution in [0.3, 0.4) is 0 Å². The standard InChI is InChI=1S/C16H24O/c1-4-6-7-16(17-5-2)13-12-15-10-8-14(3)9-11-15/h8-11,13H,4-7,12H2,1-3H3/b16-13-. The highest BCUT2D eigenvalue weighted by Gasteiger charge is 1.97. The first-order chi connectivity index (χ1) is 8.26. The molecule has 1 heteroatoms. The van der Waals surface area contributed by atoms with Gasteiger partial charge in [0.25, 0.3) is 0 Å². The zero-order valence-electron chi connectivity index (χ0n) is 11.3. The number of unbranched alkanes of at least 4 members (excludes halogenated alkanes) is 1. The molecule has 0 saturated heterocycles. The van der Waals surface area contributed by atoms with Crippen LogP contribution in [0.2, 0.25) is 0 Å². The minimum Gasteiger partial charge on any atom is -0.499 e. The van der Waals surface area contributed by atoms with E-state index in [4.69, 9.17) is 4.74 Å². The largest absolute Gasteiger partial charge is 0.499 e. The Kier molecular flexibility index (Phi) is 6.46. The van der Waals surface area contributed by atoms with E-state index in [0.29, 0.717) is 0 Å². The van der Waals surface area contributed by atoms with Crippen LogP contribution in [0, 0.1) is 6.92 Å². The van der Waals surface area contributed by atoms with Gasteiger partial charge in [0.15, 0.2) is 0 Å². The van der Waals surface area contributed by atoms with Gasteiger partial charge in [-0.15, -0.1) is 0 Å². The summed E-state index contributed by atoms with van der Waals surface area (Å²) < 4.78 is 5.65. The third kappa shape index (κ3) is 5.58.